The Labute approximate surface area is 98.8 Å². The number of carbonyl (C=O) groups is 1. The van der Waals surface area contributed by atoms with Gasteiger partial charge in [0.15, 0.2) is 14.1 Å². The molecule has 88 valence electrons. The summed E-state index contributed by atoms with van der Waals surface area (Å²) in [7, 11) is -1.79. The molecule has 2 nitrogen and oxygen atoms in total. The summed E-state index contributed by atoms with van der Waals surface area (Å²) in [5, 5.41) is -0.340. The van der Waals surface area contributed by atoms with E-state index in [1.54, 1.807) is 19.9 Å². The number of alkyl halides is 1. The monoisotopic (exact) mass is 248 g/mol. The van der Waals surface area contributed by atoms with Crippen LogP contribution < -0.4 is 0 Å². The summed E-state index contributed by atoms with van der Waals surface area (Å²) in [6, 6.07) is 0. The van der Waals surface area contributed by atoms with Gasteiger partial charge in [-0.05, 0) is 46.5 Å². The molecule has 0 bridgehead atoms. The van der Waals surface area contributed by atoms with Crippen molar-refractivity contribution in [3.63, 3.8) is 0 Å². The molecule has 0 aromatic heterocycles. The minimum Gasteiger partial charge on any atom is -0.404 e. The molecule has 2 atom stereocenters. The Kier molecular flexibility index (Phi) is 5.24. The van der Waals surface area contributed by atoms with Gasteiger partial charge in [-0.3, -0.25) is 4.79 Å². The number of allylic oxidation sites excluding steroid dienone is 1. The van der Waals surface area contributed by atoms with Crippen LogP contribution in [0.1, 0.15) is 20.8 Å². The average molecular weight is 249 g/mol. The highest BCUT2D eigenvalue weighted by Gasteiger charge is 2.40. The number of halogens is 1. The molecule has 0 amide bonds. The van der Waals surface area contributed by atoms with Gasteiger partial charge in [0.25, 0.3) is 0 Å². The maximum Gasteiger partial charge on any atom is 0.187 e. The second-order valence-electron chi connectivity index (χ2n) is 4.80. The van der Waals surface area contributed by atoms with Crippen LogP contribution in [0.4, 0.5) is 0 Å². The molecular weight excluding hydrogens is 228 g/mol. The van der Waals surface area contributed by atoms with E-state index in [0.29, 0.717) is 0 Å². The van der Waals surface area contributed by atoms with Crippen LogP contribution >= 0.6 is 11.6 Å². The smallest absolute Gasteiger partial charge is 0.187 e. The Hall–Kier alpha value is -0.123. The third-order valence-electron chi connectivity index (χ3n) is 2.08. The van der Waals surface area contributed by atoms with E-state index in [4.69, 9.17) is 16.0 Å². The molecular formula is C11H21ClO2Si. The van der Waals surface area contributed by atoms with Gasteiger partial charge in [0.2, 0.25) is 0 Å². The van der Waals surface area contributed by atoms with Crippen LogP contribution in [0.25, 0.3) is 0 Å². The van der Waals surface area contributed by atoms with Gasteiger partial charge in [-0.2, -0.15) is 0 Å². The van der Waals surface area contributed by atoms with Gasteiger partial charge in [-0.15, -0.1) is 11.6 Å². The Bertz CT molecular complexity index is 256. The highest BCUT2D eigenvalue weighted by molar-refractivity contribution is 6.70. The van der Waals surface area contributed by atoms with Crippen LogP contribution in [-0.2, 0) is 9.22 Å². The lowest BCUT2D eigenvalue weighted by molar-refractivity contribution is -0.128. The van der Waals surface area contributed by atoms with Crippen molar-refractivity contribution >= 4 is 25.7 Å². The lowest BCUT2D eigenvalue weighted by Crippen LogP contribution is -2.51. The minimum atomic E-state index is -1.79. The fourth-order valence-corrected chi connectivity index (χ4v) is 3.06. The number of hydrogen-bond donors (Lipinski definition) is 0. The Morgan fingerprint density at radius 2 is 1.93 bits per heavy atom. The van der Waals surface area contributed by atoms with Crippen molar-refractivity contribution in [1.29, 1.82) is 0 Å². The van der Waals surface area contributed by atoms with Crippen molar-refractivity contribution in [2.75, 3.05) is 0 Å². The molecule has 0 unspecified atom stereocenters. The highest BCUT2D eigenvalue weighted by atomic mass is 35.5. The van der Waals surface area contributed by atoms with Gasteiger partial charge < -0.3 is 4.43 Å². The first kappa shape index (κ1) is 14.9. The van der Waals surface area contributed by atoms with E-state index in [2.05, 4.69) is 0 Å². The average Bonchev–Trinajstić information content (AvgIpc) is 2.01. The zero-order chi connectivity index (χ0) is 12.3. The summed E-state index contributed by atoms with van der Waals surface area (Å²) in [6.07, 6.45) is 3.24. The molecule has 0 radical (unpaired) electrons. The van der Waals surface area contributed by atoms with Crippen LogP contribution in [0.5, 0.6) is 0 Å². The van der Waals surface area contributed by atoms with Crippen LogP contribution in [0.3, 0.4) is 0 Å². The molecule has 0 saturated heterocycles. The standard InChI is InChI=1S/C11H21ClO2Si/c1-7-8-10(13)11(3,9(2)12)14-15(4,5)6/h7-9H,1-6H3/b8-7+/t9-,11+/m0/s1. The molecule has 4 heteroatoms. The number of carbonyl (C=O) groups excluding carboxylic acids is 1. The summed E-state index contributed by atoms with van der Waals surface area (Å²) in [5.74, 6) is -0.0603. The lowest BCUT2D eigenvalue weighted by atomic mass is 9.97. The molecule has 0 aromatic carbocycles. The lowest BCUT2D eigenvalue weighted by Gasteiger charge is -2.36. The summed E-state index contributed by atoms with van der Waals surface area (Å²) in [4.78, 5) is 11.9. The van der Waals surface area contributed by atoms with Crippen molar-refractivity contribution in [2.45, 2.75) is 51.4 Å². The maximum absolute atomic E-state index is 11.9. The van der Waals surface area contributed by atoms with Gasteiger partial charge in [0, 0.05) is 0 Å². The van der Waals surface area contributed by atoms with Crippen LogP contribution in [0, 0.1) is 0 Å². The van der Waals surface area contributed by atoms with Crippen LogP contribution in [-0.4, -0.2) is 25.1 Å². The fraction of sp³-hybridized carbons (Fsp3) is 0.727. The topological polar surface area (TPSA) is 26.3 Å². The fourth-order valence-electron chi connectivity index (χ4n) is 1.28. The van der Waals surface area contributed by atoms with Gasteiger partial charge >= 0.3 is 0 Å². The molecule has 0 aliphatic rings. The Morgan fingerprint density at radius 3 is 2.20 bits per heavy atom. The Balaban J connectivity index is 4.99. The minimum absolute atomic E-state index is 0.0603. The number of rotatable bonds is 5. The molecule has 0 heterocycles. The van der Waals surface area contributed by atoms with Crippen molar-refractivity contribution < 1.29 is 9.22 Å². The van der Waals surface area contributed by atoms with Gasteiger partial charge in [-0.1, -0.05) is 6.08 Å². The zero-order valence-electron chi connectivity index (χ0n) is 10.4. The van der Waals surface area contributed by atoms with E-state index >= 15 is 0 Å². The molecule has 15 heavy (non-hydrogen) atoms. The first-order valence-electron chi connectivity index (χ1n) is 5.15. The van der Waals surface area contributed by atoms with E-state index in [0.717, 1.165) is 0 Å². The molecule has 0 saturated carbocycles. The maximum atomic E-state index is 11.9. The van der Waals surface area contributed by atoms with Crippen molar-refractivity contribution in [3.8, 4) is 0 Å². The van der Waals surface area contributed by atoms with E-state index < -0.39 is 13.9 Å². The number of ketones is 1. The third-order valence-corrected chi connectivity index (χ3v) is 3.54. The molecule has 0 N–H and O–H groups in total. The first-order valence-corrected chi connectivity index (χ1v) is 8.99. The highest BCUT2D eigenvalue weighted by Crippen LogP contribution is 2.26. The SMILES string of the molecule is C/C=C/C(=O)[C@](C)(O[Si](C)(C)C)[C@H](C)Cl. The third kappa shape index (κ3) is 4.49. The van der Waals surface area contributed by atoms with Crippen LogP contribution in [0.2, 0.25) is 19.6 Å². The molecule has 0 rings (SSSR count). The second kappa shape index (κ2) is 5.28. The molecule has 0 aliphatic heterocycles. The quantitative estimate of drug-likeness (QED) is 0.424. The summed E-state index contributed by atoms with van der Waals surface area (Å²) in [6.45, 7) is 11.5. The second-order valence-corrected chi connectivity index (χ2v) is 9.89. The molecule has 0 aliphatic carbocycles. The van der Waals surface area contributed by atoms with Gasteiger partial charge in [0.1, 0.15) is 5.60 Å². The van der Waals surface area contributed by atoms with E-state index in [9.17, 15) is 4.79 Å². The molecule has 0 fully saturated rings. The first-order chi connectivity index (χ1) is 6.63. The summed E-state index contributed by atoms with van der Waals surface area (Å²) < 4.78 is 5.91. The van der Waals surface area contributed by atoms with Gasteiger partial charge in [-0.25, -0.2) is 0 Å². The van der Waals surface area contributed by atoms with Crippen LogP contribution in [0.15, 0.2) is 12.2 Å². The predicted octanol–water partition coefficient (Wildman–Crippen LogP) is 3.37. The zero-order valence-corrected chi connectivity index (χ0v) is 12.2. The molecule has 0 spiro atoms. The van der Waals surface area contributed by atoms with E-state index in [-0.39, 0.29) is 11.2 Å². The predicted molar refractivity (Wildman–Crippen MR) is 68.0 cm³/mol. The van der Waals surface area contributed by atoms with Crippen molar-refractivity contribution in [1.82, 2.24) is 0 Å². The van der Waals surface area contributed by atoms with E-state index in [1.807, 2.05) is 26.6 Å². The van der Waals surface area contributed by atoms with Gasteiger partial charge in [0.05, 0.1) is 5.38 Å². The van der Waals surface area contributed by atoms with Crippen molar-refractivity contribution in [2.24, 2.45) is 0 Å². The van der Waals surface area contributed by atoms with E-state index in [1.165, 1.54) is 6.08 Å². The molecule has 0 aromatic rings. The normalized spacial score (nSPS) is 18.9. The summed E-state index contributed by atoms with van der Waals surface area (Å²) in [5.41, 5.74) is -0.904. The van der Waals surface area contributed by atoms with Crippen molar-refractivity contribution in [3.05, 3.63) is 12.2 Å². The summed E-state index contributed by atoms with van der Waals surface area (Å²) >= 11 is 6.06. The largest absolute Gasteiger partial charge is 0.404 e. The Morgan fingerprint density at radius 1 is 1.47 bits per heavy atom. The number of hydrogen-bond acceptors (Lipinski definition) is 2.